The predicted molar refractivity (Wildman–Crippen MR) is 155 cm³/mol. The maximum absolute atomic E-state index is 15.8. The molecular formula is C30H26F2N6O3S. The molecule has 0 unspecified atom stereocenters. The monoisotopic (exact) mass is 588 g/mol. The minimum absolute atomic E-state index is 0.0231. The number of methoxy groups -OCH3 is 1. The number of hydrogen-bond donors (Lipinski definition) is 0. The summed E-state index contributed by atoms with van der Waals surface area (Å²) in [5.41, 5.74) is 3.18. The number of hydrogen-bond acceptors (Lipinski definition) is 8. The fraction of sp³-hybridized carbons (Fsp3) is 0.233. The highest BCUT2D eigenvalue weighted by Gasteiger charge is 2.30. The Labute approximate surface area is 244 Å². The van der Waals surface area contributed by atoms with Gasteiger partial charge >= 0.3 is 0 Å². The Balaban J connectivity index is 1.62. The molecule has 12 heteroatoms. The van der Waals surface area contributed by atoms with Crippen molar-refractivity contribution in [2.45, 2.75) is 26.1 Å². The number of rotatable bonds is 8. The first-order chi connectivity index (χ1) is 20.4. The molecule has 0 saturated carbocycles. The van der Waals surface area contributed by atoms with Gasteiger partial charge in [-0.05, 0) is 30.5 Å². The van der Waals surface area contributed by atoms with E-state index in [1.165, 1.54) is 24.5 Å². The zero-order chi connectivity index (χ0) is 29.4. The molecule has 1 amide bonds. The van der Waals surface area contributed by atoms with E-state index >= 15 is 4.39 Å². The molecule has 5 aromatic rings. The standard InChI is InChI=1S/C30H26F2N6O3S/c1-4-25(39)37-16-19-13-22(36-38(19)15-17(37)2)29-27(26-21(32)11-18(31)12-24(26)41-9-8-40-3)30-20(5-10-42-30)28(35-29)23-14-33-6-7-34-23/h4-7,10-14,17H,1,8-9,15-16H2,2-3H3/t17-/m1/s1. The molecule has 1 aromatic carbocycles. The first kappa shape index (κ1) is 27.6. The van der Waals surface area contributed by atoms with Crippen LogP contribution in [0.3, 0.4) is 0 Å². The third kappa shape index (κ3) is 4.92. The zero-order valence-electron chi connectivity index (χ0n) is 22.9. The third-order valence-corrected chi connectivity index (χ3v) is 8.02. The quantitative estimate of drug-likeness (QED) is 0.174. The molecule has 0 radical (unpaired) electrons. The third-order valence-electron chi connectivity index (χ3n) is 7.09. The van der Waals surface area contributed by atoms with Gasteiger partial charge in [-0.1, -0.05) is 6.58 Å². The average molecular weight is 589 g/mol. The summed E-state index contributed by atoms with van der Waals surface area (Å²) in [6.45, 7) is 6.66. The Morgan fingerprint density at radius 1 is 1.17 bits per heavy atom. The largest absolute Gasteiger partial charge is 0.490 e. The van der Waals surface area contributed by atoms with Crippen LogP contribution in [0.2, 0.25) is 0 Å². The van der Waals surface area contributed by atoms with E-state index in [1.54, 1.807) is 23.5 Å². The van der Waals surface area contributed by atoms with Crippen LogP contribution in [0.5, 0.6) is 5.75 Å². The molecule has 1 atom stereocenters. The number of carbonyl (C=O) groups excluding carboxylic acids is 1. The van der Waals surface area contributed by atoms with Crippen molar-refractivity contribution in [3.05, 3.63) is 78.2 Å². The van der Waals surface area contributed by atoms with Gasteiger partial charge in [-0.25, -0.2) is 13.8 Å². The zero-order valence-corrected chi connectivity index (χ0v) is 23.7. The van der Waals surface area contributed by atoms with Crippen molar-refractivity contribution in [1.29, 1.82) is 0 Å². The van der Waals surface area contributed by atoms with Crippen LogP contribution in [-0.4, -0.2) is 61.9 Å². The molecule has 5 heterocycles. The topological polar surface area (TPSA) is 95.3 Å². The van der Waals surface area contributed by atoms with Gasteiger partial charge in [-0.3, -0.25) is 19.4 Å². The number of amides is 1. The number of pyridine rings is 1. The molecule has 0 N–H and O–H groups in total. The number of thiophene rings is 1. The van der Waals surface area contributed by atoms with Crippen molar-refractivity contribution in [2.75, 3.05) is 20.3 Å². The van der Waals surface area contributed by atoms with Gasteiger partial charge in [0.15, 0.2) is 0 Å². The highest BCUT2D eigenvalue weighted by Crippen LogP contribution is 2.46. The highest BCUT2D eigenvalue weighted by atomic mass is 32.1. The average Bonchev–Trinajstić information content (AvgIpc) is 3.64. The number of halogens is 2. The maximum Gasteiger partial charge on any atom is 0.246 e. The van der Waals surface area contributed by atoms with Crippen LogP contribution in [0, 0.1) is 11.6 Å². The molecule has 42 heavy (non-hydrogen) atoms. The van der Waals surface area contributed by atoms with Crippen molar-refractivity contribution < 1.29 is 23.0 Å². The lowest BCUT2D eigenvalue weighted by Crippen LogP contribution is -2.44. The van der Waals surface area contributed by atoms with Crippen LogP contribution in [0.1, 0.15) is 12.6 Å². The number of fused-ring (bicyclic) bond motifs is 2. The van der Waals surface area contributed by atoms with E-state index in [-0.39, 0.29) is 36.5 Å². The van der Waals surface area contributed by atoms with Gasteiger partial charge in [-0.15, -0.1) is 11.3 Å². The van der Waals surface area contributed by atoms with Crippen LogP contribution in [0.25, 0.3) is 44.0 Å². The summed E-state index contributed by atoms with van der Waals surface area (Å²) in [5, 5.41) is 7.47. The van der Waals surface area contributed by atoms with E-state index in [0.717, 1.165) is 23.2 Å². The Morgan fingerprint density at radius 2 is 2.02 bits per heavy atom. The number of ether oxygens (including phenoxy) is 2. The summed E-state index contributed by atoms with van der Waals surface area (Å²) in [7, 11) is 1.52. The highest BCUT2D eigenvalue weighted by molar-refractivity contribution is 7.18. The lowest BCUT2D eigenvalue weighted by atomic mass is 9.97. The maximum atomic E-state index is 15.8. The second kappa shape index (κ2) is 11.4. The molecule has 1 aliphatic rings. The SMILES string of the molecule is C=CC(=O)N1Cc2cc(-c3nc(-c4cnccn4)c4ccsc4c3-c3c(F)cc(F)cc3OCCOC)nn2C[C@H]1C. The second-order valence-electron chi connectivity index (χ2n) is 9.76. The fourth-order valence-electron chi connectivity index (χ4n) is 5.15. The van der Waals surface area contributed by atoms with Gasteiger partial charge in [-0.2, -0.15) is 5.10 Å². The Morgan fingerprint density at radius 3 is 2.79 bits per heavy atom. The first-order valence-corrected chi connectivity index (χ1v) is 14.1. The molecule has 0 fully saturated rings. The number of benzene rings is 1. The molecule has 214 valence electrons. The van der Waals surface area contributed by atoms with E-state index in [9.17, 15) is 9.18 Å². The smallest absolute Gasteiger partial charge is 0.246 e. The normalized spacial score (nSPS) is 14.7. The van der Waals surface area contributed by atoms with E-state index in [4.69, 9.17) is 19.6 Å². The molecular weight excluding hydrogens is 562 g/mol. The molecule has 0 spiro atoms. The minimum Gasteiger partial charge on any atom is -0.490 e. The van der Waals surface area contributed by atoms with Crippen LogP contribution in [0.4, 0.5) is 8.78 Å². The van der Waals surface area contributed by atoms with Gasteiger partial charge in [0, 0.05) is 53.3 Å². The summed E-state index contributed by atoms with van der Waals surface area (Å²) in [6, 6.07) is 5.60. The molecule has 0 aliphatic carbocycles. The van der Waals surface area contributed by atoms with E-state index in [2.05, 4.69) is 16.5 Å². The van der Waals surface area contributed by atoms with E-state index < -0.39 is 11.6 Å². The van der Waals surface area contributed by atoms with Crippen molar-refractivity contribution in [1.82, 2.24) is 29.6 Å². The number of aromatic nitrogens is 5. The van der Waals surface area contributed by atoms with Gasteiger partial charge < -0.3 is 14.4 Å². The van der Waals surface area contributed by atoms with E-state index in [0.29, 0.717) is 46.1 Å². The van der Waals surface area contributed by atoms with Gasteiger partial charge in [0.1, 0.15) is 41.1 Å². The van der Waals surface area contributed by atoms with Crippen molar-refractivity contribution in [3.8, 4) is 39.7 Å². The Kier molecular flexibility index (Phi) is 7.48. The molecule has 4 aromatic heterocycles. The summed E-state index contributed by atoms with van der Waals surface area (Å²) < 4.78 is 43.8. The molecule has 9 nitrogen and oxygen atoms in total. The fourth-order valence-corrected chi connectivity index (χ4v) is 6.10. The van der Waals surface area contributed by atoms with Gasteiger partial charge in [0.25, 0.3) is 0 Å². The van der Waals surface area contributed by atoms with Crippen molar-refractivity contribution in [2.24, 2.45) is 0 Å². The summed E-state index contributed by atoms with van der Waals surface area (Å²) in [5.74, 6) is -1.72. The number of nitrogens with zero attached hydrogens (tertiary/aromatic N) is 6. The summed E-state index contributed by atoms with van der Waals surface area (Å²) in [4.78, 5) is 27.9. The van der Waals surface area contributed by atoms with E-state index in [1.807, 2.05) is 29.1 Å². The predicted octanol–water partition coefficient (Wildman–Crippen LogP) is 5.50. The first-order valence-electron chi connectivity index (χ1n) is 13.2. The number of carbonyl (C=O) groups is 1. The summed E-state index contributed by atoms with van der Waals surface area (Å²) in [6.07, 6.45) is 6.05. The lowest BCUT2D eigenvalue weighted by Gasteiger charge is -2.33. The Hall–Kier alpha value is -4.55. The molecule has 1 aliphatic heterocycles. The van der Waals surface area contributed by atoms with Crippen molar-refractivity contribution in [3.63, 3.8) is 0 Å². The van der Waals surface area contributed by atoms with Crippen LogP contribution in [0.15, 0.2) is 60.9 Å². The molecule has 0 saturated heterocycles. The molecule has 6 rings (SSSR count). The lowest BCUT2D eigenvalue weighted by molar-refractivity contribution is -0.129. The van der Waals surface area contributed by atoms with Crippen LogP contribution >= 0.6 is 11.3 Å². The summed E-state index contributed by atoms with van der Waals surface area (Å²) >= 11 is 1.39. The second-order valence-corrected chi connectivity index (χ2v) is 10.7. The Bertz CT molecular complexity index is 1810. The van der Waals surface area contributed by atoms with Crippen LogP contribution in [-0.2, 0) is 22.6 Å². The molecule has 0 bridgehead atoms. The van der Waals surface area contributed by atoms with Crippen molar-refractivity contribution >= 4 is 27.3 Å². The van der Waals surface area contributed by atoms with Crippen LogP contribution < -0.4 is 4.74 Å². The van der Waals surface area contributed by atoms with Gasteiger partial charge in [0.05, 0.1) is 42.8 Å². The van der Waals surface area contributed by atoms with Gasteiger partial charge in [0.2, 0.25) is 5.91 Å². The minimum atomic E-state index is -0.798.